The van der Waals surface area contributed by atoms with E-state index in [-0.39, 0.29) is 5.56 Å². The van der Waals surface area contributed by atoms with Crippen LogP contribution >= 0.6 is 0 Å². The predicted molar refractivity (Wildman–Crippen MR) is 79.9 cm³/mol. The Morgan fingerprint density at radius 1 is 1.40 bits per heavy atom. The summed E-state index contributed by atoms with van der Waals surface area (Å²) in [5.41, 5.74) is 0.247. The average molecular weight is 299 g/mol. The number of aromatic carboxylic acids is 1. The highest BCUT2D eigenvalue weighted by atomic mass is 32.2. The summed E-state index contributed by atoms with van der Waals surface area (Å²) < 4.78 is 16.5. The minimum atomic E-state index is -0.944. The molecule has 112 valence electrons. The molecule has 20 heavy (non-hydrogen) atoms. The van der Waals surface area contributed by atoms with Gasteiger partial charge in [-0.25, -0.2) is 4.79 Å². The predicted octanol–water partition coefficient (Wildman–Crippen LogP) is 1.51. The fourth-order valence-corrected chi connectivity index (χ4v) is 2.30. The number of carbonyl (C=O) groups is 1. The first kappa shape index (κ1) is 16.7. The van der Waals surface area contributed by atoms with E-state index in [9.17, 15) is 9.00 Å². The van der Waals surface area contributed by atoms with Gasteiger partial charge in [0.2, 0.25) is 0 Å². The van der Waals surface area contributed by atoms with Gasteiger partial charge in [-0.1, -0.05) is 0 Å². The maximum Gasteiger partial charge on any atom is 0.335 e. The van der Waals surface area contributed by atoms with E-state index in [1.165, 1.54) is 12.1 Å². The molecule has 0 fully saturated rings. The molecule has 0 amide bonds. The molecule has 0 bridgehead atoms. The van der Waals surface area contributed by atoms with Crippen LogP contribution in [0.4, 0.5) is 0 Å². The van der Waals surface area contributed by atoms with E-state index in [0.717, 1.165) is 6.42 Å². The molecule has 0 aliphatic rings. The van der Waals surface area contributed by atoms with E-state index in [4.69, 9.17) is 9.84 Å². The van der Waals surface area contributed by atoms with Crippen molar-refractivity contribution in [2.45, 2.75) is 19.4 Å². The van der Waals surface area contributed by atoms with Crippen molar-refractivity contribution >= 4 is 16.8 Å². The molecule has 0 spiro atoms. The molecular weight excluding hydrogens is 278 g/mol. The van der Waals surface area contributed by atoms with Crippen LogP contribution < -0.4 is 10.1 Å². The summed E-state index contributed by atoms with van der Waals surface area (Å²) >= 11 is 0. The zero-order valence-corrected chi connectivity index (χ0v) is 12.6. The van der Waals surface area contributed by atoms with Crippen LogP contribution in [0.1, 0.15) is 23.7 Å². The first-order chi connectivity index (χ1) is 9.49. The monoisotopic (exact) mass is 299 g/mol. The standard InChI is InChI=1S/C14H21NO4S/c1-11(7-10-20(2)18)15-8-9-19-13-5-3-12(4-6-13)14(16)17/h3-6,11,15H,7-10H2,1-2H3,(H,16,17). The van der Waals surface area contributed by atoms with E-state index in [1.807, 2.05) is 0 Å². The summed E-state index contributed by atoms with van der Waals surface area (Å²) in [7, 11) is -0.749. The van der Waals surface area contributed by atoms with Gasteiger partial charge in [0.25, 0.3) is 0 Å². The van der Waals surface area contributed by atoms with Gasteiger partial charge >= 0.3 is 5.97 Å². The molecule has 2 N–H and O–H groups in total. The van der Waals surface area contributed by atoms with Crippen LogP contribution in [0.5, 0.6) is 5.75 Å². The molecule has 0 radical (unpaired) electrons. The SMILES string of the molecule is CC(CCS(C)=O)NCCOc1ccc(C(=O)O)cc1. The van der Waals surface area contributed by atoms with Crippen LogP contribution in [0, 0.1) is 0 Å². The van der Waals surface area contributed by atoms with E-state index >= 15 is 0 Å². The summed E-state index contributed by atoms with van der Waals surface area (Å²) in [4.78, 5) is 10.7. The Kier molecular flexibility index (Phi) is 7.25. The topological polar surface area (TPSA) is 75.6 Å². The third-order valence-corrected chi connectivity index (χ3v) is 3.61. The number of hydrogen-bond donors (Lipinski definition) is 2. The second-order valence-electron chi connectivity index (χ2n) is 4.60. The molecule has 1 aromatic carbocycles. The normalized spacial score (nSPS) is 13.7. The number of rotatable bonds is 9. The molecule has 1 aromatic rings. The van der Waals surface area contributed by atoms with Crippen molar-refractivity contribution in [3.05, 3.63) is 29.8 Å². The molecule has 2 atom stereocenters. The van der Waals surface area contributed by atoms with Crippen LogP contribution in [0.25, 0.3) is 0 Å². The number of benzene rings is 1. The van der Waals surface area contributed by atoms with Crippen LogP contribution in [-0.4, -0.2) is 46.5 Å². The average Bonchev–Trinajstić information content (AvgIpc) is 2.42. The lowest BCUT2D eigenvalue weighted by molar-refractivity contribution is 0.0697. The Hall–Kier alpha value is -1.40. The van der Waals surface area contributed by atoms with Crippen molar-refractivity contribution in [3.63, 3.8) is 0 Å². The zero-order valence-electron chi connectivity index (χ0n) is 11.8. The molecule has 0 saturated carbocycles. The summed E-state index contributed by atoms with van der Waals surface area (Å²) in [6.45, 7) is 3.25. The van der Waals surface area contributed by atoms with Crippen LogP contribution in [-0.2, 0) is 10.8 Å². The van der Waals surface area contributed by atoms with Crippen molar-refractivity contribution in [2.75, 3.05) is 25.2 Å². The number of nitrogens with one attached hydrogen (secondary N) is 1. The smallest absolute Gasteiger partial charge is 0.335 e. The molecule has 6 heteroatoms. The van der Waals surface area contributed by atoms with Gasteiger partial charge in [0.15, 0.2) is 0 Å². The van der Waals surface area contributed by atoms with Gasteiger partial charge in [-0.3, -0.25) is 4.21 Å². The number of ether oxygens (including phenoxy) is 1. The van der Waals surface area contributed by atoms with Crippen LogP contribution in [0.15, 0.2) is 24.3 Å². The molecule has 0 aliphatic carbocycles. The lowest BCUT2D eigenvalue weighted by Gasteiger charge is -2.13. The van der Waals surface area contributed by atoms with Gasteiger partial charge in [0.05, 0.1) is 5.56 Å². The minimum Gasteiger partial charge on any atom is -0.492 e. The van der Waals surface area contributed by atoms with Gasteiger partial charge < -0.3 is 15.2 Å². The molecule has 0 heterocycles. The molecule has 0 aliphatic heterocycles. The number of hydrogen-bond acceptors (Lipinski definition) is 4. The second kappa shape index (κ2) is 8.71. The number of carboxylic acid groups (broad SMARTS) is 1. The molecule has 1 rings (SSSR count). The molecule has 0 saturated heterocycles. The summed E-state index contributed by atoms with van der Waals surface area (Å²) in [5.74, 6) is 0.408. The van der Waals surface area contributed by atoms with Crippen molar-refractivity contribution in [3.8, 4) is 5.75 Å². The molecular formula is C14H21NO4S. The third kappa shape index (κ3) is 6.68. The van der Waals surface area contributed by atoms with E-state index < -0.39 is 16.8 Å². The second-order valence-corrected chi connectivity index (χ2v) is 6.15. The highest BCUT2D eigenvalue weighted by Crippen LogP contribution is 2.11. The zero-order chi connectivity index (χ0) is 15.0. The Morgan fingerprint density at radius 3 is 2.60 bits per heavy atom. The van der Waals surface area contributed by atoms with E-state index in [2.05, 4.69) is 12.2 Å². The summed E-state index contributed by atoms with van der Waals surface area (Å²) in [6, 6.07) is 6.63. The molecule has 0 aromatic heterocycles. The van der Waals surface area contributed by atoms with Crippen LogP contribution in [0.2, 0.25) is 0 Å². The Morgan fingerprint density at radius 2 is 2.05 bits per heavy atom. The van der Waals surface area contributed by atoms with Crippen molar-refractivity contribution in [1.82, 2.24) is 5.32 Å². The molecule has 5 nitrogen and oxygen atoms in total. The Balaban J connectivity index is 2.20. The summed E-state index contributed by atoms with van der Waals surface area (Å²) in [6.07, 6.45) is 2.58. The first-order valence-corrected chi connectivity index (χ1v) is 8.21. The van der Waals surface area contributed by atoms with Crippen LogP contribution in [0.3, 0.4) is 0 Å². The van der Waals surface area contributed by atoms with Gasteiger partial charge in [-0.05, 0) is 37.6 Å². The highest BCUT2D eigenvalue weighted by Gasteiger charge is 2.04. The maximum absolute atomic E-state index is 11.0. The minimum absolute atomic E-state index is 0.247. The third-order valence-electron chi connectivity index (χ3n) is 2.80. The van der Waals surface area contributed by atoms with Gasteiger partial charge in [0, 0.05) is 35.4 Å². The lowest BCUT2D eigenvalue weighted by Crippen LogP contribution is -2.31. The molecule has 2 unspecified atom stereocenters. The fraction of sp³-hybridized carbons (Fsp3) is 0.500. The largest absolute Gasteiger partial charge is 0.492 e. The highest BCUT2D eigenvalue weighted by molar-refractivity contribution is 7.84. The number of carboxylic acids is 1. The van der Waals surface area contributed by atoms with E-state index in [0.29, 0.717) is 30.7 Å². The first-order valence-electron chi connectivity index (χ1n) is 6.48. The van der Waals surface area contributed by atoms with Gasteiger partial charge in [-0.2, -0.15) is 0 Å². The fourth-order valence-electron chi connectivity index (χ4n) is 1.61. The van der Waals surface area contributed by atoms with Gasteiger partial charge in [-0.15, -0.1) is 0 Å². The Labute approximate surface area is 121 Å². The maximum atomic E-state index is 11.0. The van der Waals surface area contributed by atoms with Crippen molar-refractivity contribution in [2.24, 2.45) is 0 Å². The quantitative estimate of drug-likeness (QED) is 0.676. The van der Waals surface area contributed by atoms with Crippen molar-refractivity contribution in [1.29, 1.82) is 0 Å². The van der Waals surface area contributed by atoms with Crippen molar-refractivity contribution < 1.29 is 18.8 Å². The lowest BCUT2D eigenvalue weighted by atomic mass is 10.2. The Bertz CT molecular complexity index is 447. The van der Waals surface area contributed by atoms with Gasteiger partial charge in [0.1, 0.15) is 12.4 Å². The van der Waals surface area contributed by atoms with E-state index in [1.54, 1.807) is 18.4 Å². The summed E-state index contributed by atoms with van der Waals surface area (Å²) in [5, 5.41) is 12.1.